The van der Waals surface area contributed by atoms with Gasteiger partial charge < -0.3 is 15.1 Å². The van der Waals surface area contributed by atoms with Crippen LogP contribution in [0, 0.1) is 0 Å². The maximum absolute atomic E-state index is 12.6. The number of amides is 1. The fraction of sp³-hybridized carbons (Fsp3) is 0.421. The van der Waals surface area contributed by atoms with Crippen molar-refractivity contribution in [1.29, 1.82) is 0 Å². The molecule has 146 valence electrons. The predicted octanol–water partition coefficient (Wildman–Crippen LogP) is 1.23. The van der Waals surface area contributed by atoms with Gasteiger partial charge in [0.15, 0.2) is 0 Å². The number of anilines is 2. The van der Waals surface area contributed by atoms with Crippen molar-refractivity contribution in [2.24, 2.45) is 0 Å². The summed E-state index contributed by atoms with van der Waals surface area (Å²) in [5, 5.41) is 7.50. The van der Waals surface area contributed by atoms with Gasteiger partial charge in [-0.25, -0.2) is 9.97 Å². The molecule has 9 nitrogen and oxygen atoms in total. The number of carbonyl (C=O) groups excluding carboxylic acids is 1. The average Bonchev–Trinajstić information content (AvgIpc) is 3.23. The molecular weight excluding hydrogens is 356 g/mol. The maximum Gasteiger partial charge on any atom is 0.254 e. The number of rotatable bonds is 6. The molecule has 4 heterocycles. The highest BCUT2D eigenvalue weighted by Crippen LogP contribution is 2.14. The second-order valence-corrected chi connectivity index (χ2v) is 6.69. The lowest BCUT2D eigenvalue weighted by Gasteiger charge is -2.35. The third-order valence-electron chi connectivity index (χ3n) is 4.92. The van der Waals surface area contributed by atoms with E-state index in [1.807, 2.05) is 36.1 Å². The summed E-state index contributed by atoms with van der Waals surface area (Å²) in [6.07, 6.45) is 4.54. The summed E-state index contributed by atoms with van der Waals surface area (Å²) in [6, 6.07) is 7.86. The standard InChI is InChI=1S/C19H24N8O/c1-2-15-13-17(27-19(24-15)22-14-23-27)21-8-6-18(28)26-11-9-25(10-12-26)16-5-3-4-7-20-16/h3-5,7,13-14,21H,2,6,8-12H2,1H3. The third kappa shape index (κ3) is 3.88. The van der Waals surface area contributed by atoms with E-state index in [1.165, 1.54) is 6.33 Å². The molecule has 9 heteroatoms. The van der Waals surface area contributed by atoms with Crippen molar-refractivity contribution < 1.29 is 4.79 Å². The van der Waals surface area contributed by atoms with Gasteiger partial charge in [-0.3, -0.25) is 4.79 Å². The van der Waals surface area contributed by atoms with Gasteiger partial charge in [0.05, 0.1) is 0 Å². The molecule has 28 heavy (non-hydrogen) atoms. The van der Waals surface area contributed by atoms with E-state index in [4.69, 9.17) is 0 Å². The summed E-state index contributed by atoms with van der Waals surface area (Å²) in [7, 11) is 0. The number of carbonyl (C=O) groups is 1. The number of fused-ring (bicyclic) bond motifs is 1. The number of aryl methyl sites for hydroxylation is 1. The van der Waals surface area contributed by atoms with Crippen LogP contribution in [0.4, 0.5) is 11.6 Å². The quantitative estimate of drug-likeness (QED) is 0.688. The largest absolute Gasteiger partial charge is 0.369 e. The van der Waals surface area contributed by atoms with Crippen LogP contribution in [0.2, 0.25) is 0 Å². The molecule has 1 aliphatic rings. The second-order valence-electron chi connectivity index (χ2n) is 6.69. The molecule has 0 radical (unpaired) electrons. The number of aromatic nitrogens is 5. The summed E-state index contributed by atoms with van der Waals surface area (Å²) in [4.78, 5) is 29.7. The first-order chi connectivity index (χ1) is 13.7. The van der Waals surface area contributed by atoms with Crippen LogP contribution in [0.25, 0.3) is 5.78 Å². The molecule has 1 N–H and O–H groups in total. The smallest absolute Gasteiger partial charge is 0.254 e. The number of piperazine rings is 1. The lowest BCUT2D eigenvalue weighted by Crippen LogP contribution is -2.49. The lowest BCUT2D eigenvalue weighted by molar-refractivity contribution is -0.131. The summed E-state index contributed by atoms with van der Waals surface area (Å²) < 4.78 is 1.66. The van der Waals surface area contributed by atoms with Crippen LogP contribution in [0.5, 0.6) is 0 Å². The summed E-state index contributed by atoms with van der Waals surface area (Å²) in [5.41, 5.74) is 0.944. The van der Waals surface area contributed by atoms with Crippen LogP contribution in [0.15, 0.2) is 36.8 Å². The van der Waals surface area contributed by atoms with Crippen molar-refractivity contribution in [2.75, 3.05) is 42.9 Å². The Morgan fingerprint density at radius 3 is 2.79 bits per heavy atom. The van der Waals surface area contributed by atoms with Gasteiger partial charge in [-0.15, -0.1) is 0 Å². The van der Waals surface area contributed by atoms with Crippen molar-refractivity contribution in [3.8, 4) is 0 Å². The maximum atomic E-state index is 12.6. The van der Waals surface area contributed by atoms with Crippen molar-refractivity contribution in [1.82, 2.24) is 29.5 Å². The zero-order chi connectivity index (χ0) is 19.3. The second kappa shape index (κ2) is 8.20. The number of nitrogens with one attached hydrogen (secondary N) is 1. The molecule has 0 aliphatic carbocycles. The normalized spacial score (nSPS) is 14.5. The first kappa shape index (κ1) is 18.1. The Kier molecular flexibility index (Phi) is 5.31. The average molecular weight is 380 g/mol. The molecule has 0 spiro atoms. The van der Waals surface area contributed by atoms with Crippen LogP contribution in [-0.4, -0.2) is 68.1 Å². The van der Waals surface area contributed by atoms with Gasteiger partial charge >= 0.3 is 0 Å². The molecular formula is C19H24N8O. The number of hydrogen-bond donors (Lipinski definition) is 1. The monoisotopic (exact) mass is 380 g/mol. The fourth-order valence-corrected chi connectivity index (χ4v) is 3.35. The molecule has 4 rings (SSSR count). The Balaban J connectivity index is 1.29. The number of pyridine rings is 1. The molecule has 1 fully saturated rings. The van der Waals surface area contributed by atoms with Crippen molar-refractivity contribution >= 4 is 23.3 Å². The van der Waals surface area contributed by atoms with Crippen molar-refractivity contribution in [3.05, 3.63) is 42.5 Å². The molecule has 0 aromatic carbocycles. The molecule has 0 unspecified atom stereocenters. The molecule has 0 saturated carbocycles. The molecule has 0 atom stereocenters. The number of hydrogen-bond acceptors (Lipinski definition) is 7. The molecule has 3 aromatic heterocycles. The third-order valence-corrected chi connectivity index (χ3v) is 4.92. The molecule has 3 aromatic rings. The zero-order valence-electron chi connectivity index (χ0n) is 16.0. The Morgan fingerprint density at radius 2 is 2.04 bits per heavy atom. The highest BCUT2D eigenvalue weighted by molar-refractivity contribution is 5.77. The highest BCUT2D eigenvalue weighted by atomic mass is 16.2. The van der Waals surface area contributed by atoms with Gasteiger partial charge in [-0.1, -0.05) is 13.0 Å². The predicted molar refractivity (Wildman–Crippen MR) is 106 cm³/mol. The Morgan fingerprint density at radius 1 is 1.18 bits per heavy atom. The van der Waals surface area contributed by atoms with Gasteiger partial charge in [0.25, 0.3) is 5.78 Å². The van der Waals surface area contributed by atoms with Gasteiger partial charge in [-0.05, 0) is 18.6 Å². The van der Waals surface area contributed by atoms with Crippen molar-refractivity contribution in [3.63, 3.8) is 0 Å². The van der Waals surface area contributed by atoms with Crippen LogP contribution < -0.4 is 10.2 Å². The Bertz CT molecular complexity index is 934. The number of nitrogens with zero attached hydrogens (tertiary/aromatic N) is 7. The van der Waals surface area contributed by atoms with Gasteiger partial charge in [-0.2, -0.15) is 14.6 Å². The van der Waals surface area contributed by atoms with Crippen LogP contribution in [0.3, 0.4) is 0 Å². The molecule has 0 bridgehead atoms. The summed E-state index contributed by atoms with van der Waals surface area (Å²) >= 11 is 0. The van der Waals surface area contributed by atoms with E-state index in [2.05, 4.69) is 30.3 Å². The highest BCUT2D eigenvalue weighted by Gasteiger charge is 2.21. The van der Waals surface area contributed by atoms with E-state index >= 15 is 0 Å². The SMILES string of the molecule is CCc1cc(NCCC(=O)N2CCN(c3ccccn3)CC2)n2ncnc2n1. The van der Waals surface area contributed by atoms with E-state index in [1.54, 1.807) is 10.7 Å². The summed E-state index contributed by atoms with van der Waals surface area (Å²) in [6.45, 7) is 5.64. The Labute approximate surface area is 163 Å². The van der Waals surface area contributed by atoms with Gasteiger partial charge in [0.2, 0.25) is 5.91 Å². The topological polar surface area (TPSA) is 91.6 Å². The summed E-state index contributed by atoms with van der Waals surface area (Å²) in [5.74, 6) is 2.51. The minimum absolute atomic E-state index is 0.160. The van der Waals surface area contributed by atoms with Gasteiger partial charge in [0.1, 0.15) is 18.0 Å². The van der Waals surface area contributed by atoms with Crippen molar-refractivity contribution in [2.45, 2.75) is 19.8 Å². The van der Waals surface area contributed by atoms with Gasteiger partial charge in [0, 0.05) is 57.1 Å². The van der Waals surface area contributed by atoms with Crippen LogP contribution in [0.1, 0.15) is 19.0 Å². The fourth-order valence-electron chi connectivity index (χ4n) is 3.35. The van der Waals surface area contributed by atoms with E-state index < -0.39 is 0 Å². The van der Waals surface area contributed by atoms with Crippen LogP contribution in [-0.2, 0) is 11.2 Å². The Hall–Kier alpha value is -3.23. The van der Waals surface area contributed by atoms with E-state index in [0.717, 1.165) is 49.9 Å². The molecule has 1 saturated heterocycles. The van der Waals surface area contributed by atoms with E-state index in [9.17, 15) is 4.79 Å². The van der Waals surface area contributed by atoms with E-state index in [-0.39, 0.29) is 5.91 Å². The van der Waals surface area contributed by atoms with Crippen LogP contribution >= 0.6 is 0 Å². The first-order valence-corrected chi connectivity index (χ1v) is 9.62. The molecule has 1 aliphatic heterocycles. The minimum Gasteiger partial charge on any atom is -0.369 e. The molecule has 1 amide bonds. The lowest BCUT2D eigenvalue weighted by atomic mass is 10.2. The van der Waals surface area contributed by atoms with E-state index in [0.29, 0.717) is 18.7 Å². The first-order valence-electron chi connectivity index (χ1n) is 9.62. The zero-order valence-corrected chi connectivity index (χ0v) is 16.0. The minimum atomic E-state index is 0.160.